The van der Waals surface area contributed by atoms with Crippen molar-refractivity contribution in [1.82, 2.24) is 9.62 Å². The zero-order chi connectivity index (χ0) is 27.1. The van der Waals surface area contributed by atoms with Crippen molar-refractivity contribution in [3.05, 3.63) is 66.2 Å². The average molecular weight is 555 g/mol. The Balaban J connectivity index is 1.66. The van der Waals surface area contributed by atoms with E-state index in [1.807, 2.05) is 30.3 Å². The maximum absolute atomic E-state index is 16.3. The molecule has 0 saturated carbocycles. The summed E-state index contributed by atoms with van der Waals surface area (Å²) in [4.78, 5) is 13.9. The van der Waals surface area contributed by atoms with Crippen molar-refractivity contribution in [2.75, 3.05) is 0 Å². The fourth-order valence-electron chi connectivity index (χ4n) is 5.06. The fourth-order valence-corrected chi connectivity index (χ4v) is 7.62. The highest BCUT2D eigenvalue weighted by Gasteiger charge is 2.68. The number of amides is 1. The van der Waals surface area contributed by atoms with Crippen LogP contribution in [0.5, 0.6) is 0 Å². The predicted molar refractivity (Wildman–Crippen MR) is 137 cm³/mol. The highest BCUT2D eigenvalue weighted by atomic mass is 32.2. The summed E-state index contributed by atoms with van der Waals surface area (Å²) in [6.45, 7) is 4.90. The minimum Gasteiger partial charge on any atom is -0.445 e. The number of carbonyl (C=O) groups excluding carboxylic acids is 1. The molecule has 4 rings (SSSR count). The summed E-state index contributed by atoms with van der Waals surface area (Å²) >= 11 is 0. The van der Waals surface area contributed by atoms with Gasteiger partial charge in [0.05, 0.1) is 20.6 Å². The van der Waals surface area contributed by atoms with E-state index in [2.05, 4.69) is 4.72 Å². The van der Waals surface area contributed by atoms with Crippen LogP contribution in [0.15, 0.2) is 65.6 Å². The molecule has 37 heavy (non-hydrogen) atoms. The molecule has 4 atom stereocenters. The third-order valence-electron chi connectivity index (χ3n) is 7.00. The molecule has 2 unspecified atom stereocenters. The first kappa shape index (κ1) is 27.7. The molecule has 2 aliphatic heterocycles. The fraction of sp³-hybridized carbons (Fsp3) is 0.500. The summed E-state index contributed by atoms with van der Waals surface area (Å²) in [5.74, 6) is 0. The molecule has 202 valence electrons. The van der Waals surface area contributed by atoms with E-state index in [9.17, 15) is 17.4 Å². The Kier molecular flexibility index (Phi) is 7.53. The Hall–Kier alpha value is -2.37. The standard InChI is InChI=1S/C26H32F2N2O5S2/c1-24(2,3)36(32)29-25(26(27,28)37(33,34)22-12-8-5-9-13-22)16-20-14-15-21(17-25)30(20)23(31)35-18-19-10-6-4-7-11-19/h4-13,20-21,29H,14-18H2,1-3H3/t20-,21+,25?,36?. The number of halogens is 2. The number of nitrogens with zero attached hydrogens (tertiary/aromatic N) is 1. The van der Waals surface area contributed by atoms with Gasteiger partial charge < -0.3 is 9.64 Å². The highest BCUT2D eigenvalue weighted by molar-refractivity contribution is 7.92. The van der Waals surface area contributed by atoms with E-state index in [4.69, 9.17) is 4.74 Å². The number of piperidine rings is 1. The monoisotopic (exact) mass is 554 g/mol. The van der Waals surface area contributed by atoms with Gasteiger partial charge in [0, 0.05) is 12.1 Å². The number of sulfone groups is 1. The molecule has 2 aromatic carbocycles. The SMILES string of the molecule is CC(C)(C)S(=O)NC1(C(F)(F)S(=O)(=O)c2ccccc2)C[C@H]2CC[C@@H](C1)N2C(=O)OCc1ccccc1. The average Bonchev–Trinajstić information content (AvgIpc) is 3.13. The Bertz CT molecular complexity index is 1240. The second kappa shape index (κ2) is 10.1. The van der Waals surface area contributed by atoms with Gasteiger partial charge in [-0.05, 0) is 64.2 Å². The van der Waals surface area contributed by atoms with Crippen LogP contribution in [-0.4, -0.2) is 51.2 Å². The molecular weight excluding hydrogens is 522 g/mol. The number of hydrogen-bond donors (Lipinski definition) is 1. The van der Waals surface area contributed by atoms with Crippen LogP contribution in [0.1, 0.15) is 52.0 Å². The third-order valence-corrected chi connectivity index (χ3v) is 10.6. The van der Waals surface area contributed by atoms with Gasteiger partial charge in [0.15, 0.2) is 0 Å². The van der Waals surface area contributed by atoms with Crippen LogP contribution >= 0.6 is 0 Å². The van der Waals surface area contributed by atoms with Crippen molar-refractivity contribution in [1.29, 1.82) is 0 Å². The van der Waals surface area contributed by atoms with Crippen LogP contribution in [-0.2, 0) is 32.2 Å². The van der Waals surface area contributed by atoms with Crippen molar-refractivity contribution in [3.8, 4) is 0 Å². The van der Waals surface area contributed by atoms with Crippen LogP contribution in [0.3, 0.4) is 0 Å². The van der Waals surface area contributed by atoms with E-state index >= 15 is 8.78 Å². The molecular formula is C26H32F2N2O5S2. The van der Waals surface area contributed by atoms with Crippen LogP contribution in [0.2, 0.25) is 0 Å². The largest absolute Gasteiger partial charge is 0.445 e. The lowest BCUT2D eigenvalue weighted by molar-refractivity contribution is -0.0529. The molecule has 1 amide bonds. The van der Waals surface area contributed by atoms with E-state index in [0.717, 1.165) is 17.7 Å². The van der Waals surface area contributed by atoms with E-state index in [1.54, 1.807) is 26.8 Å². The Labute approximate surface area is 219 Å². The summed E-state index contributed by atoms with van der Waals surface area (Å²) in [5, 5.41) is -4.30. The van der Waals surface area contributed by atoms with E-state index in [1.165, 1.54) is 17.0 Å². The summed E-state index contributed by atoms with van der Waals surface area (Å²) in [6, 6.07) is 14.3. The van der Waals surface area contributed by atoms with Gasteiger partial charge in [0.25, 0.3) is 0 Å². The summed E-state index contributed by atoms with van der Waals surface area (Å²) in [6.07, 6.45) is -0.567. The van der Waals surface area contributed by atoms with Crippen LogP contribution in [0, 0.1) is 0 Å². The molecule has 0 radical (unpaired) electrons. The first-order valence-corrected chi connectivity index (χ1v) is 14.8. The lowest BCUT2D eigenvalue weighted by atomic mass is 9.84. The maximum Gasteiger partial charge on any atom is 0.410 e. The molecule has 2 saturated heterocycles. The minimum absolute atomic E-state index is 0.0333. The first-order chi connectivity index (χ1) is 17.3. The van der Waals surface area contributed by atoms with Crippen molar-refractivity contribution < 1.29 is 30.9 Å². The molecule has 11 heteroatoms. The molecule has 2 heterocycles. The Morgan fingerprint density at radius 1 is 1.03 bits per heavy atom. The molecule has 1 N–H and O–H groups in total. The van der Waals surface area contributed by atoms with Gasteiger partial charge in [-0.25, -0.2) is 22.1 Å². The number of fused-ring (bicyclic) bond motifs is 2. The zero-order valence-electron chi connectivity index (χ0n) is 21.0. The van der Waals surface area contributed by atoms with E-state index < -0.39 is 59.4 Å². The maximum atomic E-state index is 16.3. The topological polar surface area (TPSA) is 92.8 Å². The number of benzene rings is 2. The molecule has 0 aliphatic carbocycles. The molecule has 0 aromatic heterocycles. The van der Waals surface area contributed by atoms with E-state index in [-0.39, 0.29) is 19.4 Å². The number of hydrogen-bond acceptors (Lipinski definition) is 5. The van der Waals surface area contributed by atoms with Crippen molar-refractivity contribution in [2.45, 2.75) is 85.6 Å². The number of rotatable bonds is 7. The smallest absolute Gasteiger partial charge is 0.410 e. The Morgan fingerprint density at radius 3 is 2.05 bits per heavy atom. The lowest BCUT2D eigenvalue weighted by Crippen LogP contribution is -2.69. The molecule has 0 spiro atoms. The predicted octanol–water partition coefficient (Wildman–Crippen LogP) is 4.81. The van der Waals surface area contributed by atoms with Crippen molar-refractivity contribution in [2.24, 2.45) is 0 Å². The number of nitrogens with one attached hydrogen (secondary N) is 1. The normalized spacial score (nSPS) is 25.1. The van der Waals surface area contributed by atoms with Crippen LogP contribution < -0.4 is 4.72 Å². The van der Waals surface area contributed by atoms with Crippen LogP contribution in [0.25, 0.3) is 0 Å². The molecule has 2 bridgehead atoms. The zero-order valence-corrected chi connectivity index (χ0v) is 22.7. The number of carbonyl (C=O) groups is 1. The molecule has 7 nitrogen and oxygen atoms in total. The number of alkyl halides is 2. The second-order valence-corrected chi connectivity index (χ2v) is 14.6. The summed E-state index contributed by atoms with van der Waals surface area (Å²) < 4.78 is 79.5. The second-order valence-electron chi connectivity index (χ2n) is 10.6. The molecule has 2 aromatic rings. The summed E-state index contributed by atoms with van der Waals surface area (Å²) in [5.41, 5.74) is -1.56. The van der Waals surface area contributed by atoms with Gasteiger partial charge in [-0.3, -0.25) is 0 Å². The highest BCUT2D eigenvalue weighted by Crippen LogP contribution is 2.51. The Morgan fingerprint density at radius 2 is 1.54 bits per heavy atom. The quantitative estimate of drug-likeness (QED) is 0.531. The first-order valence-electron chi connectivity index (χ1n) is 12.1. The minimum atomic E-state index is -5.16. The molecule has 2 fully saturated rings. The lowest BCUT2D eigenvalue weighted by Gasteiger charge is -2.49. The third kappa shape index (κ3) is 5.18. The van der Waals surface area contributed by atoms with Gasteiger partial charge in [0.1, 0.15) is 12.1 Å². The number of ether oxygens (including phenoxy) is 1. The van der Waals surface area contributed by atoms with Crippen LogP contribution in [0.4, 0.5) is 13.6 Å². The summed E-state index contributed by atoms with van der Waals surface area (Å²) in [7, 11) is -7.15. The van der Waals surface area contributed by atoms with Crippen molar-refractivity contribution >= 4 is 26.9 Å². The van der Waals surface area contributed by atoms with Crippen molar-refractivity contribution in [3.63, 3.8) is 0 Å². The van der Waals surface area contributed by atoms with Gasteiger partial charge in [-0.15, -0.1) is 0 Å². The molecule has 2 aliphatic rings. The van der Waals surface area contributed by atoms with Gasteiger partial charge in [-0.2, -0.15) is 8.78 Å². The van der Waals surface area contributed by atoms with Gasteiger partial charge >= 0.3 is 11.3 Å². The van der Waals surface area contributed by atoms with Gasteiger partial charge in [-0.1, -0.05) is 48.5 Å². The van der Waals surface area contributed by atoms with Gasteiger partial charge in [0.2, 0.25) is 9.84 Å². The van der Waals surface area contributed by atoms with E-state index in [0.29, 0.717) is 12.8 Å².